The number of sulfone groups is 1. The van der Waals surface area contributed by atoms with Crippen molar-refractivity contribution in [2.45, 2.75) is 18.6 Å². The highest BCUT2D eigenvalue weighted by atomic mass is 32.2. The third-order valence-electron chi connectivity index (χ3n) is 2.38. The molecule has 7 heteroatoms. The number of esters is 1. The van der Waals surface area contributed by atoms with Crippen LogP contribution in [0, 0.1) is 0 Å². The lowest BCUT2D eigenvalue weighted by Gasteiger charge is -2.43. The van der Waals surface area contributed by atoms with E-state index in [1.54, 1.807) is 6.92 Å². The van der Waals surface area contributed by atoms with Crippen LogP contribution in [-0.2, 0) is 24.1 Å². The number of ether oxygens (including phenoxy) is 2. The van der Waals surface area contributed by atoms with Gasteiger partial charge >= 0.3 is 5.97 Å². The van der Waals surface area contributed by atoms with Crippen LogP contribution in [0.5, 0.6) is 0 Å². The van der Waals surface area contributed by atoms with Gasteiger partial charge in [0.15, 0.2) is 9.84 Å². The van der Waals surface area contributed by atoms with Crippen molar-refractivity contribution in [3.05, 3.63) is 0 Å². The van der Waals surface area contributed by atoms with Crippen molar-refractivity contribution in [3.63, 3.8) is 0 Å². The van der Waals surface area contributed by atoms with Crippen LogP contribution in [-0.4, -0.2) is 51.3 Å². The second kappa shape index (κ2) is 4.07. The summed E-state index contributed by atoms with van der Waals surface area (Å²) in [5.41, 5.74) is 4.51. The van der Waals surface area contributed by atoms with Gasteiger partial charge < -0.3 is 15.2 Å². The van der Waals surface area contributed by atoms with E-state index in [1.807, 2.05) is 0 Å². The number of hydrogen-bond donors (Lipinski definition) is 1. The lowest BCUT2D eigenvalue weighted by molar-refractivity contribution is -0.150. The summed E-state index contributed by atoms with van der Waals surface area (Å²) in [7, 11) is -1.91. The predicted molar refractivity (Wildman–Crippen MR) is 53.0 cm³/mol. The summed E-state index contributed by atoms with van der Waals surface area (Å²) in [4.78, 5) is 11.2. The lowest BCUT2D eigenvalue weighted by atomic mass is 9.98. The number of carbonyl (C=O) groups excluding carboxylic acids is 1. The van der Waals surface area contributed by atoms with Crippen LogP contribution in [0.1, 0.15) is 6.92 Å². The highest BCUT2D eigenvalue weighted by Crippen LogP contribution is 2.30. The zero-order chi connectivity index (χ0) is 11.7. The summed E-state index contributed by atoms with van der Waals surface area (Å²) in [6.07, 6.45) is 0. The Bertz CT molecular complexity index is 338. The molecule has 1 heterocycles. The number of carbonyl (C=O) groups is 1. The van der Waals surface area contributed by atoms with Crippen molar-refractivity contribution >= 4 is 15.8 Å². The van der Waals surface area contributed by atoms with Gasteiger partial charge in [-0.25, -0.2) is 8.42 Å². The number of hydrogen-bond acceptors (Lipinski definition) is 6. The standard InChI is InChI=1S/C8H15NO5S/c1-3-14-8(4-15(11,12)5-8)6(9)7(10)13-2/h6H,3-5,9H2,1-2H3. The largest absolute Gasteiger partial charge is 0.468 e. The molecule has 88 valence electrons. The van der Waals surface area contributed by atoms with Crippen LogP contribution in [0.2, 0.25) is 0 Å². The van der Waals surface area contributed by atoms with Gasteiger partial charge in [0.25, 0.3) is 0 Å². The maximum absolute atomic E-state index is 11.2. The van der Waals surface area contributed by atoms with Crippen molar-refractivity contribution in [2.75, 3.05) is 25.2 Å². The average molecular weight is 237 g/mol. The first kappa shape index (κ1) is 12.4. The molecule has 1 aliphatic rings. The van der Waals surface area contributed by atoms with E-state index in [0.29, 0.717) is 6.61 Å². The van der Waals surface area contributed by atoms with Crippen molar-refractivity contribution in [2.24, 2.45) is 5.73 Å². The normalized spacial score (nSPS) is 23.9. The molecule has 1 unspecified atom stereocenters. The summed E-state index contributed by atoms with van der Waals surface area (Å²) < 4.78 is 32.0. The van der Waals surface area contributed by atoms with Crippen molar-refractivity contribution < 1.29 is 22.7 Å². The Morgan fingerprint density at radius 3 is 2.40 bits per heavy atom. The molecule has 15 heavy (non-hydrogen) atoms. The summed E-state index contributed by atoms with van der Waals surface area (Å²) in [5.74, 6) is -1.09. The molecule has 1 atom stereocenters. The molecule has 0 aromatic carbocycles. The minimum Gasteiger partial charge on any atom is -0.468 e. The second-order valence-corrected chi connectivity index (χ2v) is 5.60. The Kier molecular flexibility index (Phi) is 3.37. The molecule has 0 amide bonds. The van der Waals surface area contributed by atoms with Gasteiger partial charge in [0.2, 0.25) is 0 Å². The Morgan fingerprint density at radius 2 is 2.07 bits per heavy atom. The Balaban J connectivity index is 2.81. The van der Waals surface area contributed by atoms with E-state index < -0.39 is 27.4 Å². The molecule has 2 N–H and O–H groups in total. The summed E-state index contributed by atoms with van der Waals surface area (Å²) in [6, 6.07) is -1.05. The molecule has 0 aromatic rings. The van der Waals surface area contributed by atoms with E-state index in [-0.39, 0.29) is 11.5 Å². The Labute approximate surface area is 88.6 Å². The van der Waals surface area contributed by atoms with Crippen LogP contribution in [0.25, 0.3) is 0 Å². The number of nitrogens with two attached hydrogens (primary N) is 1. The molecule has 0 aliphatic carbocycles. The fraction of sp³-hybridized carbons (Fsp3) is 0.875. The van der Waals surface area contributed by atoms with Crippen LogP contribution < -0.4 is 5.73 Å². The topological polar surface area (TPSA) is 95.7 Å². The predicted octanol–water partition coefficient (Wildman–Crippen LogP) is -1.31. The van der Waals surface area contributed by atoms with Crippen LogP contribution >= 0.6 is 0 Å². The molecular weight excluding hydrogens is 222 g/mol. The van der Waals surface area contributed by atoms with E-state index in [1.165, 1.54) is 7.11 Å². The van der Waals surface area contributed by atoms with Gasteiger partial charge in [-0.2, -0.15) is 0 Å². The first-order chi connectivity index (χ1) is 6.87. The smallest absolute Gasteiger partial charge is 0.325 e. The molecule has 0 aromatic heterocycles. The Morgan fingerprint density at radius 1 is 1.53 bits per heavy atom. The Hall–Kier alpha value is -0.660. The summed E-state index contributed by atoms with van der Waals surface area (Å²) in [6.45, 7) is 2.02. The van der Waals surface area contributed by atoms with Gasteiger partial charge in [-0.3, -0.25) is 4.79 Å². The van der Waals surface area contributed by atoms with E-state index >= 15 is 0 Å². The van der Waals surface area contributed by atoms with Gasteiger partial charge in [-0.05, 0) is 6.92 Å². The molecule has 1 rings (SSSR count). The first-order valence-electron chi connectivity index (χ1n) is 4.54. The monoisotopic (exact) mass is 237 g/mol. The van der Waals surface area contributed by atoms with E-state index in [4.69, 9.17) is 10.5 Å². The van der Waals surface area contributed by atoms with E-state index in [0.717, 1.165) is 0 Å². The molecule has 0 radical (unpaired) electrons. The number of rotatable bonds is 4. The molecule has 0 bridgehead atoms. The van der Waals surface area contributed by atoms with E-state index in [9.17, 15) is 13.2 Å². The van der Waals surface area contributed by atoms with Crippen LogP contribution in [0.15, 0.2) is 0 Å². The number of methoxy groups -OCH3 is 1. The quantitative estimate of drug-likeness (QED) is 0.610. The zero-order valence-electron chi connectivity index (χ0n) is 8.73. The van der Waals surface area contributed by atoms with Gasteiger partial charge in [0.05, 0.1) is 18.6 Å². The third kappa shape index (κ3) is 2.30. The van der Waals surface area contributed by atoms with Gasteiger partial charge in [0.1, 0.15) is 11.6 Å². The second-order valence-electron chi connectivity index (χ2n) is 3.53. The summed E-state index contributed by atoms with van der Waals surface area (Å²) in [5, 5.41) is 0. The molecule has 6 nitrogen and oxygen atoms in total. The van der Waals surface area contributed by atoms with Gasteiger partial charge in [-0.15, -0.1) is 0 Å². The minimum atomic E-state index is -3.11. The molecule has 1 saturated heterocycles. The zero-order valence-corrected chi connectivity index (χ0v) is 9.54. The molecular formula is C8H15NO5S. The van der Waals surface area contributed by atoms with Crippen LogP contribution in [0.3, 0.4) is 0 Å². The maximum atomic E-state index is 11.2. The fourth-order valence-corrected chi connectivity index (χ4v) is 3.61. The summed E-state index contributed by atoms with van der Waals surface area (Å²) >= 11 is 0. The van der Waals surface area contributed by atoms with Crippen molar-refractivity contribution in [3.8, 4) is 0 Å². The van der Waals surface area contributed by atoms with Gasteiger partial charge in [0, 0.05) is 6.61 Å². The van der Waals surface area contributed by atoms with Crippen molar-refractivity contribution in [1.82, 2.24) is 0 Å². The highest BCUT2D eigenvalue weighted by Gasteiger charge is 2.56. The molecule has 0 saturated carbocycles. The maximum Gasteiger partial charge on any atom is 0.325 e. The highest BCUT2D eigenvalue weighted by molar-refractivity contribution is 7.93. The molecule has 0 spiro atoms. The van der Waals surface area contributed by atoms with Crippen LogP contribution in [0.4, 0.5) is 0 Å². The molecule has 1 fully saturated rings. The van der Waals surface area contributed by atoms with E-state index in [2.05, 4.69) is 4.74 Å². The third-order valence-corrected chi connectivity index (χ3v) is 4.24. The average Bonchev–Trinajstić information content (AvgIpc) is 2.12. The first-order valence-corrected chi connectivity index (χ1v) is 6.37. The van der Waals surface area contributed by atoms with Crippen molar-refractivity contribution in [1.29, 1.82) is 0 Å². The molecule has 1 aliphatic heterocycles. The lowest BCUT2D eigenvalue weighted by Crippen LogP contribution is -2.68. The van der Waals surface area contributed by atoms with Gasteiger partial charge in [-0.1, -0.05) is 0 Å². The fourth-order valence-electron chi connectivity index (χ4n) is 1.68. The minimum absolute atomic E-state index is 0.218. The SMILES string of the molecule is CCOC1(C(N)C(=O)OC)CS(=O)(=O)C1.